The van der Waals surface area contributed by atoms with Crippen molar-refractivity contribution in [2.45, 2.75) is 33.6 Å². The van der Waals surface area contributed by atoms with Crippen molar-refractivity contribution in [3.63, 3.8) is 0 Å². The fourth-order valence-electron chi connectivity index (χ4n) is 1.41. The van der Waals surface area contributed by atoms with E-state index in [-0.39, 0.29) is 11.7 Å². The molecule has 90 valence electrons. The summed E-state index contributed by atoms with van der Waals surface area (Å²) in [7, 11) is -2.99. The third-order valence-electron chi connectivity index (χ3n) is 1.89. The number of hydrogen-bond acceptors (Lipinski definition) is 3. The second-order valence-corrected chi connectivity index (χ2v) is 6.90. The van der Waals surface area contributed by atoms with Crippen molar-refractivity contribution in [3.05, 3.63) is 0 Å². The molecule has 1 N–H and O–H groups in total. The van der Waals surface area contributed by atoms with E-state index in [1.165, 1.54) is 6.26 Å². The molecular weight excluding hydrogens is 214 g/mol. The van der Waals surface area contributed by atoms with Gasteiger partial charge in [0.25, 0.3) is 0 Å². The number of carbonyl (C=O) groups is 1. The predicted molar refractivity (Wildman–Crippen MR) is 61.4 cm³/mol. The molecule has 5 heteroatoms. The molecule has 0 fully saturated rings. The lowest BCUT2D eigenvalue weighted by Gasteiger charge is -2.23. The minimum absolute atomic E-state index is 0.0147. The lowest BCUT2D eigenvalue weighted by molar-refractivity contribution is -0.121. The van der Waals surface area contributed by atoms with Gasteiger partial charge in [-0.25, -0.2) is 8.42 Å². The van der Waals surface area contributed by atoms with Crippen LogP contribution >= 0.6 is 0 Å². The monoisotopic (exact) mass is 235 g/mol. The Kier molecular flexibility index (Phi) is 5.28. The number of rotatable bonds is 6. The van der Waals surface area contributed by atoms with Crippen LogP contribution in [0.1, 0.15) is 33.6 Å². The highest BCUT2D eigenvalue weighted by Crippen LogP contribution is 2.16. The van der Waals surface area contributed by atoms with Crippen molar-refractivity contribution in [2.24, 2.45) is 5.41 Å². The van der Waals surface area contributed by atoms with Gasteiger partial charge in [0, 0.05) is 19.2 Å². The smallest absolute Gasteiger partial charge is 0.220 e. The van der Waals surface area contributed by atoms with E-state index in [4.69, 9.17) is 0 Å². The minimum Gasteiger partial charge on any atom is -0.356 e. The Hall–Kier alpha value is -0.580. The Morgan fingerprint density at radius 2 is 1.87 bits per heavy atom. The molecule has 0 bridgehead atoms. The molecule has 0 saturated heterocycles. The van der Waals surface area contributed by atoms with Gasteiger partial charge in [-0.2, -0.15) is 0 Å². The van der Waals surface area contributed by atoms with Crippen molar-refractivity contribution in [2.75, 3.05) is 18.6 Å². The molecule has 0 heterocycles. The molecule has 0 aromatic heterocycles. The standard InChI is InChI=1S/C10H21NO3S/c1-5-6-9(12)11-7-10(2,3)8-15(4,13)14/h5-8H2,1-4H3,(H,11,12). The van der Waals surface area contributed by atoms with Crippen molar-refractivity contribution in [1.82, 2.24) is 5.32 Å². The van der Waals surface area contributed by atoms with Crippen LogP contribution in [0, 0.1) is 5.41 Å². The van der Waals surface area contributed by atoms with E-state index >= 15 is 0 Å². The van der Waals surface area contributed by atoms with Crippen LogP contribution < -0.4 is 5.32 Å². The zero-order valence-corrected chi connectivity index (χ0v) is 10.8. The molecule has 4 nitrogen and oxygen atoms in total. The molecule has 0 aromatic rings. The van der Waals surface area contributed by atoms with Crippen molar-refractivity contribution < 1.29 is 13.2 Å². The SMILES string of the molecule is CCCC(=O)NCC(C)(C)CS(C)(=O)=O. The van der Waals surface area contributed by atoms with Crippen LogP contribution in [0.2, 0.25) is 0 Å². The third kappa shape index (κ3) is 8.42. The van der Waals surface area contributed by atoms with E-state index in [9.17, 15) is 13.2 Å². The van der Waals surface area contributed by atoms with E-state index < -0.39 is 15.3 Å². The van der Waals surface area contributed by atoms with E-state index in [1.807, 2.05) is 20.8 Å². The summed E-state index contributed by atoms with van der Waals surface area (Å²) in [6.45, 7) is 6.00. The molecule has 1 amide bonds. The third-order valence-corrected chi connectivity index (χ3v) is 3.20. The van der Waals surface area contributed by atoms with Crippen LogP contribution in [0.5, 0.6) is 0 Å². The van der Waals surface area contributed by atoms with Crippen LogP contribution in [0.3, 0.4) is 0 Å². The van der Waals surface area contributed by atoms with Crippen LogP contribution in [0.4, 0.5) is 0 Å². The second kappa shape index (κ2) is 5.49. The van der Waals surface area contributed by atoms with E-state index in [0.29, 0.717) is 13.0 Å². The van der Waals surface area contributed by atoms with Gasteiger partial charge in [-0.15, -0.1) is 0 Å². The van der Waals surface area contributed by atoms with Crippen LogP contribution in [-0.2, 0) is 14.6 Å². The largest absolute Gasteiger partial charge is 0.356 e. The Labute approximate surface area is 92.4 Å². The van der Waals surface area contributed by atoms with Crippen LogP contribution in [0.15, 0.2) is 0 Å². The quantitative estimate of drug-likeness (QED) is 0.746. The van der Waals surface area contributed by atoms with Crippen LogP contribution in [-0.4, -0.2) is 32.9 Å². The number of carbonyl (C=O) groups excluding carboxylic acids is 1. The van der Waals surface area contributed by atoms with Gasteiger partial charge in [-0.05, 0) is 11.8 Å². The first-order chi connectivity index (χ1) is 6.66. The van der Waals surface area contributed by atoms with E-state index in [0.717, 1.165) is 6.42 Å². The highest BCUT2D eigenvalue weighted by molar-refractivity contribution is 7.90. The molecule has 0 spiro atoms. The highest BCUT2D eigenvalue weighted by Gasteiger charge is 2.23. The lowest BCUT2D eigenvalue weighted by atomic mass is 9.96. The maximum atomic E-state index is 11.2. The zero-order valence-electron chi connectivity index (χ0n) is 9.96. The molecule has 0 unspecified atom stereocenters. The molecular formula is C10H21NO3S. The number of sulfone groups is 1. The Morgan fingerprint density at radius 1 is 1.33 bits per heavy atom. The summed E-state index contributed by atoms with van der Waals surface area (Å²) in [4.78, 5) is 11.2. The van der Waals surface area contributed by atoms with E-state index in [2.05, 4.69) is 5.32 Å². The van der Waals surface area contributed by atoms with Gasteiger partial charge in [-0.1, -0.05) is 20.8 Å². The Bertz CT molecular complexity index is 307. The first kappa shape index (κ1) is 14.4. The minimum atomic E-state index is -2.99. The van der Waals surface area contributed by atoms with Gasteiger partial charge in [0.2, 0.25) is 5.91 Å². The Morgan fingerprint density at radius 3 is 2.27 bits per heavy atom. The number of amides is 1. The van der Waals surface area contributed by atoms with Gasteiger partial charge in [0.15, 0.2) is 0 Å². The molecule has 0 aliphatic rings. The summed E-state index contributed by atoms with van der Waals surface area (Å²) >= 11 is 0. The fraction of sp³-hybridized carbons (Fsp3) is 0.900. The molecule has 0 atom stereocenters. The number of hydrogen-bond donors (Lipinski definition) is 1. The first-order valence-corrected chi connectivity index (χ1v) is 7.17. The topological polar surface area (TPSA) is 63.2 Å². The summed E-state index contributed by atoms with van der Waals surface area (Å²) in [5, 5.41) is 2.74. The molecule has 0 aliphatic carbocycles. The van der Waals surface area contributed by atoms with Crippen molar-refractivity contribution in [3.8, 4) is 0 Å². The maximum absolute atomic E-state index is 11.2. The molecule has 0 aliphatic heterocycles. The highest BCUT2D eigenvalue weighted by atomic mass is 32.2. The summed E-state index contributed by atoms with van der Waals surface area (Å²) < 4.78 is 22.2. The van der Waals surface area contributed by atoms with Crippen molar-refractivity contribution >= 4 is 15.7 Å². The maximum Gasteiger partial charge on any atom is 0.220 e. The molecule has 15 heavy (non-hydrogen) atoms. The van der Waals surface area contributed by atoms with Gasteiger partial charge < -0.3 is 5.32 Å². The summed E-state index contributed by atoms with van der Waals surface area (Å²) in [6, 6.07) is 0. The molecule has 0 rings (SSSR count). The summed E-state index contributed by atoms with van der Waals surface area (Å²) in [6.07, 6.45) is 2.51. The first-order valence-electron chi connectivity index (χ1n) is 5.11. The Balaban J connectivity index is 4.10. The average molecular weight is 235 g/mol. The second-order valence-electron chi connectivity index (χ2n) is 4.76. The average Bonchev–Trinajstić information content (AvgIpc) is 1.97. The van der Waals surface area contributed by atoms with Crippen molar-refractivity contribution in [1.29, 1.82) is 0 Å². The normalized spacial score (nSPS) is 12.5. The van der Waals surface area contributed by atoms with Gasteiger partial charge >= 0.3 is 0 Å². The van der Waals surface area contributed by atoms with E-state index in [1.54, 1.807) is 0 Å². The molecule has 0 aromatic carbocycles. The van der Waals surface area contributed by atoms with Gasteiger partial charge in [-0.3, -0.25) is 4.79 Å². The molecule has 0 radical (unpaired) electrons. The van der Waals surface area contributed by atoms with Gasteiger partial charge in [0.05, 0.1) is 5.75 Å². The fourth-order valence-corrected chi connectivity index (χ4v) is 2.94. The van der Waals surface area contributed by atoms with Gasteiger partial charge in [0.1, 0.15) is 9.84 Å². The predicted octanol–water partition coefficient (Wildman–Crippen LogP) is 0.974. The summed E-state index contributed by atoms with van der Waals surface area (Å²) in [5.41, 5.74) is -0.406. The molecule has 0 saturated carbocycles. The van der Waals surface area contributed by atoms with Crippen LogP contribution in [0.25, 0.3) is 0 Å². The lowest BCUT2D eigenvalue weighted by Crippen LogP contribution is -2.37. The zero-order chi connectivity index (χ0) is 12.1. The summed E-state index contributed by atoms with van der Waals surface area (Å²) in [5.74, 6) is 0.0749. The number of nitrogens with one attached hydrogen (secondary N) is 1.